The highest BCUT2D eigenvalue weighted by Gasteiger charge is 2.59. The van der Waals surface area contributed by atoms with Gasteiger partial charge in [0.1, 0.15) is 0 Å². The molecule has 0 radical (unpaired) electrons. The molecule has 108 valence electrons. The summed E-state index contributed by atoms with van der Waals surface area (Å²) in [5.74, 6) is 2.55. The summed E-state index contributed by atoms with van der Waals surface area (Å²) in [6, 6.07) is 0.322. The molecule has 3 fully saturated rings. The average molecular weight is 285 g/mol. The monoisotopic (exact) mass is 284 g/mol. The topological polar surface area (TPSA) is 41.1 Å². The van der Waals surface area contributed by atoms with Gasteiger partial charge in [0.05, 0.1) is 0 Å². The molecule has 0 aromatic carbocycles. The van der Waals surface area contributed by atoms with E-state index in [1.165, 1.54) is 25.7 Å². The summed E-state index contributed by atoms with van der Waals surface area (Å²) in [4.78, 5) is 11.6. The Balaban J connectivity index is 1.97. The Morgan fingerprint density at radius 3 is 2.74 bits per heavy atom. The Morgan fingerprint density at radius 1 is 1.37 bits per heavy atom. The van der Waals surface area contributed by atoms with Crippen LogP contribution in [0.3, 0.4) is 0 Å². The molecule has 19 heavy (non-hydrogen) atoms. The fraction of sp³-hybridized carbons (Fsp3) is 0.933. The maximum absolute atomic E-state index is 11.6. The quantitative estimate of drug-likeness (QED) is 0.764. The second-order valence-electron chi connectivity index (χ2n) is 7.30. The van der Waals surface area contributed by atoms with E-state index >= 15 is 0 Å². The number of amides is 1. The van der Waals surface area contributed by atoms with Crippen LogP contribution in [-0.4, -0.2) is 28.9 Å². The Kier molecular flexibility index (Phi) is 3.14. The van der Waals surface area contributed by atoms with E-state index in [-0.39, 0.29) is 17.0 Å². The summed E-state index contributed by atoms with van der Waals surface area (Å²) in [5, 5.41) is 7.09. The highest BCUT2D eigenvalue weighted by molar-refractivity contribution is 6.18. The van der Waals surface area contributed by atoms with Gasteiger partial charge in [0.15, 0.2) is 0 Å². The normalized spacial score (nSPS) is 52.0. The number of hydrogen-bond acceptors (Lipinski definition) is 2. The number of hydrogen-bond donors (Lipinski definition) is 2. The summed E-state index contributed by atoms with van der Waals surface area (Å²) in [5.41, 5.74) is 0.181. The number of rotatable bonds is 2. The Bertz CT molecular complexity index is 402. The van der Waals surface area contributed by atoms with Gasteiger partial charge in [-0.05, 0) is 57.3 Å². The lowest BCUT2D eigenvalue weighted by Crippen LogP contribution is -2.74. The van der Waals surface area contributed by atoms with Crippen molar-refractivity contribution < 1.29 is 4.79 Å². The molecule has 0 aromatic rings. The third-order valence-electron chi connectivity index (χ3n) is 6.25. The predicted molar refractivity (Wildman–Crippen MR) is 77.2 cm³/mol. The smallest absolute Gasteiger partial charge is 0.217 e. The van der Waals surface area contributed by atoms with E-state index < -0.39 is 0 Å². The lowest BCUT2D eigenvalue weighted by molar-refractivity contribution is -0.129. The number of piperidine rings is 1. The zero-order valence-corrected chi connectivity index (χ0v) is 12.9. The van der Waals surface area contributed by atoms with Crippen LogP contribution in [0, 0.1) is 17.8 Å². The van der Waals surface area contributed by atoms with Crippen LogP contribution in [0.1, 0.15) is 46.5 Å². The van der Waals surface area contributed by atoms with Gasteiger partial charge in [-0.25, -0.2) is 0 Å². The fourth-order valence-corrected chi connectivity index (χ4v) is 5.46. The molecule has 3 unspecified atom stereocenters. The molecule has 1 heterocycles. The summed E-state index contributed by atoms with van der Waals surface area (Å²) in [7, 11) is 0. The Hall–Kier alpha value is -0.280. The molecule has 3 aliphatic rings. The van der Waals surface area contributed by atoms with Gasteiger partial charge in [-0.2, -0.15) is 0 Å². The minimum absolute atomic E-state index is 0.0867. The van der Waals surface area contributed by atoms with E-state index in [4.69, 9.17) is 11.6 Å². The summed E-state index contributed by atoms with van der Waals surface area (Å²) >= 11 is 6.21. The van der Waals surface area contributed by atoms with Crippen molar-refractivity contribution >= 4 is 17.5 Å². The first-order valence-electron chi connectivity index (χ1n) is 7.51. The van der Waals surface area contributed by atoms with Crippen LogP contribution in [0.5, 0.6) is 0 Å². The molecule has 2 N–H and O–H groups in total. The lowest BCUT2D eigenvalue weighted by Gasteiger charge is -2.64. The Morgan fingerprint density at radius 2 is 2.11 bits per heavy atom. The van der Waals surface area contributed by atoms with Crippen LogP contribution in [0.2, 0.25) is 0 Å². The van der Waals surface area contributed by atoms with E-state index in [1.807, 2.05) is 0 Å². The third-order valence-corrected chi connectivity index (χ3v) is 6.58. The fourth-order valence-electron chi connectivity index (χ4n) is 5.17. The van der Waals surface area contributed by atoms with Crippen molar-refractivity contribution in [2.24, 2.45) is 17.8 Å². The molecular formula is C15H25ClN2O. The molecular weight excluding hydrogens is 260 g/mol. The lowest BCUT2D eigenvalue weighted by atomic mass is 9.50. The van der Waals surface area contributed by atoms with Gasteiger partial charge in [0.25, 0.3) is 0 Å². The molecule has 2 saturated carbocycles. The number of halogens is 1. The standard InChI is InChI=1S/C15H25ClN2O/c1-9(19)17-15(3)10-4-5-14(2)11(6-10)7-12(15)13(8-16)18-14/h10-13,18H,4-8H2,1-3H3,(H,17,19)/t10?,11?,12?,13-,14+,15-/m0/s1. The number of alkyl halides is 1. The van der Waals surface area contributed by atoms with Crippen LogP contribution >= 0.6 is 11.6 Å². The van der Waals surface area contributed by atoms with Crippen LogP contribution in [0.15, 0.2) is 0 Å². The molecule has 2 aliphatic carbocycles. The number of fused-ring (bicyclic) bond motifs is 2. The summed E-state index contributed by atoms with van der Waals surface area (Å²) in [6.45, 7) is 6.25. The first-order chi connectivity index (χ1) is 8.89. The maximum Gasteiger partial charge on any atom is 0.217 e. The van der Waals surface area contributed by atoms with E-state index in [2.05, 4.69) is 24.5 Å². The van der Waals surface area contributed by atoms with Crippen molar-refractivity contribution in [2.75, 3.05) is 5.88 Å². The van der Waals surface area contributed by atoms with Crippen molar-refractivity contribution in [3.63, 3.8) is 0 Å². The van der Waals surface area contributed by atoms with Crippen LogP contribution < -0.4 is 10.6 Å². The van der Waals surface area contributed by atoms with Gasteiger partial charge < -0.3 is 10.6 Å². The number of nitrogens with one attached hydrogen (secondary N) is 2. The SMILES string of the molecule is CC(=O)N[C@@]1(C)C2CC[C@@]3(C)N[C@@H](CCl)C1CC3C2. The molecule has 0 aromatic heterocycles. The minimum atomic E-state index is -0.0867. The van der Waals surface area contributed by atoms with Crippen LogP contribution in [-0.2, 0) is 4.79 Å². The molecule has 1 amide bonds. The second-order valence-corrected chi connectivity index (χ2v) is 7.61. The van der Waals surface area contributed by atoms with Crippen molar-refractivity contribution in [2.45, 2.75) is 63.6 Å². The van der Waals surface area contributed by atoms with E-state index in [0.717, 1.165) is 5.92 Å². The van der Waals surface area contributed by atoms with Crippen molar-refractivity contribution in [1.29, 1.82) is 0 Å². The van der Waals surface area contributed by atoms with E-state index in [1.54, 1.807) is 6.92 Å². The van der Waals surface area contributed by atoms with Gasteiger partial charge in [-0.15, -0.1) is 11.6 Å². The maximum atomic E-state index is 11.6. The molecule has 1 saturated heterocycles. The zero-order chi connectivity index (χ0) is 13.8. The largest absolute Gasteiger partial charge is 0.351 e. The summed E-state index contributed by atoms with van der Waals surface area (Å²) < 4.78 is 0. The highest BCUT2D eigenvalue weighted by Crippen LogP contribution is 2.55. The molecule has 1 aliphatic heterocycles. The predicted octanol–water partition coefficient (Wildman–Crippen LogP) is 2.29. The van der Waals surface area contributed by atoms with Gasteiger partial charge >= 0.3 is 0 Å². The number of carbonyl (C=O) groups is 1. The number of carbonyl (C=O) groups excluding carboxylic acids is 1. The zero-order valence-electron chi connectivity index (χ0n) is 12.1. The van der Waals surface area contributed by atoms with Gasteiger partial charge in [-0.3, -0.25) is 4.79 Å². The molecule has 3 nitrogen and oxygen atoms in total. The minimum Gasteiger partial charge on any atom is -0.351 e. The molecule has 6 atom stereocenters. The second kappa shape index (κ2) is 4.36. The molecule has 3 rings (SSSR count). The van der Waals surface area contributed by atoms with Crippen molar-refractivity contribution in [3.8, 4) is 0 Å². The van der Waals surface area contributed by atoms with Crippen molar-refractivity contribution in [3.05, 3.63) is 0 Å². The van der Waals surface area contributed by atoms with Gasteiger partial charge in [0.2, 0.25) is 5.91 Å². The van der Waals surface area contributed by atoms with E-state index in [9.17, 15) is 4.79 Å². The average Bonchev–Trinajstić information content (AvgIpc) is 2.34. The van der Waals surface area contributed by atoms with Gasteiger partial charge in [-0.1, -0.05) is 0 Å². The first-order valence-corrected chi connectivity index (χ1v) is 8.05. The summed E-state index contributed by atoms with van der Waals surface area (Å²) in [6.07, 6.45) is 4.86. The van der Waals surface area contributed by atoms with Crippen LogP contribution in [0.4, 0.5) is 0 Å². The van der Waals surface area contributed by atoms with Gasteiger partial charge in [0, 0.05) is 29.9 Å². The third kappa shape index (κ3) is 1.92. The molecule has 3 bridgehead atoms. The Labute approximate surface area is 120 Å². The van der Waals surface area contributed by atoms with Crippen LogP contribution in [0.25, 0.3) is 0 Å². The molecule has 0 spiro atoms. The van der Waals surface area contributed by atoms with Crippen molar-refractivity contribution in [1.82, 2.24) is 10.6 Å². The highest BCUT2D eigenvalue weighted by atomic mass is 35.5. The van der Waals surface area contributed by atoms with E-state index in [0.29, 0.717) is 23.8 Å². The molecule has 4 heteroatoms. The first kappa shape index (κ1) is 13.7.